The minimum atomic E-state index is -0.714. The molecular formula is C21H25NO4. The molecule has 1 N–H and O–H groups in total. The molecule has 2 aromatic rings. The number of aliphatic carboxylic acids is 1. The summed E-state index contributed by atoms with van der Waals surface area (Å²) in [4.78, 5) is 13.8. The molecule has 2 atom stereocenters. The number of rotatable bonds is 6. The first-order valence-electron chi connectivity index (χ1n) is 8.85. The van der Waals surface area contributed by atoms with E-state index in [-0.39, 0.29) is 12.0 Å². The molecule has 1 saturated heterocycles. The smallest absolute Gasteiger partial charge is 0.307 e. The van der Waals surface area contributed by atoms with Crippen LogP contribution in [0.1, 0.15) is 30.0 Å². The maximum Gasteiger partial charge on any atom is 0.307 e. The fraction of sp³-hybridized carbons (Fsp3) is 0.381. The van der Waals surface area contributed by atoms with Gasteiger partial charge in [-0.15, -0.1) is 0 Å². The van der Waals surface area contributed by atoms with Crippen molar-refractivity contribution in [2.75, 3.05) is 20.8 Å². The fourth-order valence-corrected chi connectivity index (χ4v) is 3.68. The summed E-state index contributed by atoms with van der Waals surface area (Å²) in [5.74, 6) is 0.360. The van der Waals surface area contributed by atoms with Crippen molar-refractivity contribution in [3.05, 3.63) is 59.7 Å². The SMILES string of the molecule is COc1ccc(C2CCC(C(=O)O)CN2Cc2ccccc2)cc1OC. The van der Waals surface area contributed by atoms with Crippen LogP contribution in [0, 0.1) is 5.92 Å². The van der Waals surface area contributed by atoms with Gasteiger partial charge in [-0.1, -0.05) is 36.4 Å². The standard InChI is InChI=1S/C21H25NO4/c1-25-19-11-9-16(12-20(19)26-2)18-10-8-17(21(23)24)14-22(18)13-15-6-4-3-5-7-15/h3-7,9,11-12,17-18H,8,10,13-14H2,1-2H3,(H,23,24). The Labute approximate surface area is 154 Å². The third-order valence-corrected chi connectivity index (χ3v) is 5.05. The average Bonchev–Trinajstić information content (AvgIpc) is 2.68. The van der Waals surface area contributed by atoms with E-state index in [0.717, 1.165) is 18.5 Å². The summed E-state index contributed by atoms with van der Waals surface area (Å²) >= 11 is 0. The van der Waals surface area contributed by atoms with Gasteiger partial charge in [0.25, 0.3) is 0 Å². The van der Waals surface area contributed by atoms with E-state index in [9.17, 15) is 9.90 Å². The second kappa shape index (κ2) is 8.23. The Bertz CT molecular complexity index is 747. The average molecular weight is 355 g/mol. The van der Waals surface area contributed by atoms with E-state index in [2.05, 4.69) is 17.0 Å². The van der Waals surface area contributed by atoms with Gasteiger partial charge in [0.1, 0.15) is 0 Å². The number of ether oxygens (including phenoxy) is 2. The van der Waals surface area contributed by atoms with Crippen LogP contribution in [-0.4, -0.2) is 36.7 Å². The molecule has 0 bridgehead atoms. The molecule has 2 unspecified atom stereocenters. The van der Waals surface area contributed by atoms with E-state index < -0.39 is 5.97 Å². The molecule has 0 aliphatic carbocycles. The van der Waals surface area contributed by atoms with Gasteiger partial charge < -0.3 is 14.6 Å². The van der Waals surface area contributed by atoms with Gasteiger partial charge in [-0.3, -0.25) is 9.69 Å². The van der Waals surface area contributed by atoms with Gasteiger partial charge in [0.15, 0.2) is 11.5 Å². The van der Waals surface area contributed by atoms with Gasteiger partial charge in [-0.25, -0.2) is 0 Å². The molecule has 2 aromatic carbocycles. The van der Waals surface area contributed by atoms with Crippen LogP contribution in [0.5, 0.6) is 11.5 Å². The molecule has 3 rings (SSSR count). The minimum Gasteiger partial charge on any atom is -0.493 e. The van der Waals surface area contributed by atoms with Crippen LogP contribution in [0.3, 0.4) is 0 Å². The van der Waals surface area contributed by atoms with Crippen LogP contribution >= 0.6 is 0 Å². The lowest BCUT2D eigenvalue weighted by Gasteiger charge is -2.39. The van der Waals surface area contributed by atoms with E-state index in [1.807, 2.05) is 36.4 Å². The first kappa shape index (κ1) is 18.3. The molecule has 5 nitrogen and oxygen atoms in total. The first-order chi connectivity index (χ1) is 12.6. The summed E-state index contributed by atoms with van der Waals surface area (Å²) in [6.07, 6.45) is 1.49. The number of hydrogen-bond donors (Lipinski definition) is 1. The summed E-state index contributed by atoms with van der Waals surface area (Å²) in [5.41, 5.74) is 2.31. The van der Waals surface area contributed by atoms with Gasteiger partial charge in [0, 0.05) is 19.1 Å². The Balaban J connectivity index is 1.88. The molecule has 0 saturated carbocycles. The van der Waals surface area contributed by atoms with Crippen molar-refractivity contribution in [1.82, 2.24) is 4.90 Å². The number of nitrogens with zero attached hydrogens (tertiary/aromatic N) is 1. The van der Waals surface area contributed by atoms with Crippen molar-refractivity contribution in [1.29, 1.82) is 0 Å². The highest BCUT2D eigenvalue weighted by Gasteiger charge is 2.33. The highest BCUT2D eigenvalue weighted by molar-refractivity contribution is 5.70. The third-order valence-electron chi connectivity index (χ3n) is 5.05. The molecule has 1 aliphatic rings. The highest BCUT2D eigenvalue weighted by Crippen LogP contribution is 2.38. The molecule has 0 radical (unpaired) electrons. The van der Waals surface area contributed by atoms with Crippen LogP contribution in [0.25, 0.3) is 0 Å². The van der Waals surface area contributed by atoms with Gasteiger partial charge in [-0.2, -0.15) is 0 Å². The van der Waals surface area contributed by atoms with E-state index in [1.165, 1.54) is 5.56 Å². The molecule has 0 amide bonds. The summed E-state index contributed by atoms with van der Waals surface area (Å²) in [6, 6.07) is 16.3. The van der Waals surface area contributed by atoms with Gasteiger partial charge in [0.2, 0.25) is 0 Å². The molecule has 0 spiro atoms. The third kappa shape index (κ3) is 3.99. The fourth-order valence-electron chi connectivity index (χ4n) is 3.68. The number of benzene rings is 2. The molecule has 1 aliphatic heterocycles. The monoisotopic (exact) mass is 355 g/mol. The summed E-state index contributed by atoms with van der Waals surface area (Å²) in [5, 5.41) is 9.47. The normalized spacial score (nSPS) is 20.5. The van der Waals surface area contributed by atoms with Crippen molar-refractivity contribution >= 4 is 5.97 Å². The topological polar surface area (TPSA) is 59.0 Å². The zero-order valence-electron chi connectivity index (χ0n) is 15.2. The van der Waals surface area contributed by atoms with Crippen LogP contribution in [0.4, 0.5) is 0 Å². The van der Waals surface area contributed by atoms with Crippen LogP contribution in [0.2, 0.25) is 0 Å². The lowest BCUT2D eigenvalue weighted by molar-refractivity contribution is -0.144. The maximum atomic E-state index is 11.5. The summed E-state index contributed by atoms with van der Waals surface area (Å²) in [7, 11) is 3.25. The highest BCUT2D eigenvalue weighted by atomic mass is 16.5. The number of likely N-dealkylation sites (tertiary alicyclic amines) is 1. The van der Waals surface area contributed by atoms with Crippen molar-refractivity contribution in [2.24, 2.45) is 5.92 Å². The minimum absolute atomic E-state index is 0.158. The van der Waals surface area contributed by atoms with Crippen LogP contribution in [0.15, 0.2) is 48.5 Å². The van der Waals surface area contributed by atoms with Crippen molar-refractivity contribution in [2.45, 2.75) is 25.4 Å². The maximum absolute atomic E-state index is 11.5. The van der Waals surface area contributed by atoms with E-state index in [4.69, 9.17) is 9.47 Å². The quantitative estimate of drug-likeness (QED) is 0.855. The van der Waals surface area contributed by atoms with E-state index >= 15 is 0 Å². The molecular weight excluding hydrogens is 330 g/mol. The number of carboxylic acids is 1. The predicted molar refractivity (Wildman–Crippen MR) is 99.5 cm³/mol. The lowest BCUT2D eigenvalue weighted by atomic mass is 9.88. The molecule has 5 heteroatoms. The van der Waals surface area contributed by atoms with Crippen LogP contribution < -0.4 is 9.47 Å². The summed E-state index contributed by atoms with van der Waals surface area (Å²) in [6.45, 7) is 1.27. The number of piperidine rings is 1. The Morgan fingerprint density at radius 2 is 1.81 bits per heavy atom. The number of methoxy groups -OCH3 is 2. The van der Waals surface area contributed by atoms with E-state index in [0.29, 0.717) is 24.5 Å². The Morgan fingerprint density at radius 1 is 1.08 bits per heavy atom. The molecule has 1 heterocycles. The van der Waals surface area contributed by atoms with Gasteiger partial charge in [0.05, 0.1) is 20.1 Å². The zero-order chi connectivity index (χ0) is 18.5. The number of carbonyl (C=O) groups is 1. The number of carboxylic acid groups (broad SMARTS) is 1. The van der Waals surface area contributed by atoms with Crippen molar-refractivity contribution < 1.29 is 19.4 Å². The predicted octanol–water partition coefficient (Wildman–Crippen LogP) is 3.74. The molecule has 0 aromatic heterocycles. The lowest BCUT2D eigenvalue weighted by Crippen LogP contribution is -2.40. The Morgan fingerprint density at radius 3 is 2.46 bits per heavy atom. The van der Waals surface area contributed by atoms with Crippen molar-refractivity contribution in [3.8, 4) is 11.5 Å². The van der Waals surface area contributed by atoms with Crippen LogP contribution in [-0.2, 0) is 11.3 Å². The van der Waals surface area contributed by atoms with Gasteiger partial charge in [-0.05, 0) is 36.1 Å². The Hall–Kier alpha value is -2.53. The van der Waals surface area contributed by atoms with E-state index in [1.54, 1.807) is 14.2 Å². The zero-order valence-corrected chi connectivity index (χ0v) is 15.2. The molecule has 26 heavy (non-hydrogen) atoms. The second-order valence-electron chi connectivity index (χ2n) is 6.66. The second-order valence-corrected chi connectivity index (χ2v) is 6.66. The van der Waals surface area contributed by atoms with Crippen molar-refractivity contribution in [3.63, 3.8) is 0 Å². The Kier molecular flexibility index (Phi) is 5.78. The molecule has 138 valence electrons. The summed E-state index contributed by atoms with van der Waals surface area (Å²) < 4.78 is 10.8. The molecule has 1 fully saturated rings. The van der Waals surface area contributed by atoms with Gasteiger partial charge >= 0.3 is 5.97 Å². The first-order valence-corrected chi connectivity index (χ1v) is 8.85. The largest absolute Gasteiger partial charge is 0.493 e. The number of hydrogen-bond acceptors (Lipinski definition) is 4.